The summed E-state index contributed by atoms with van der Waals surface area (Å²) in [6.07, 6.45) is 3.76. The lowest BCUT2D eigenvalue weighted by molar-refractivity contribution is 0.414. The molecule has 0 heterocycles. The van der Waals surface area contributed by atoms with Crippen molar-refractivity contribution >= 4 is 17.7 Å². The van der Waals surface area contributed by atoms with Crippen LogP contribution in [0.2, 0.25) is 0 Å². The van der Waals surface area contributed by atoms with Crippen LogP contribution in [0.25, 0.3) is 6.08 Å². The van der Waals surface area contributed by atoms with Gasteiger partial charge in [0.15, 0.2) is 0 Å². The third-order valence-corrected chi connectivity index (χ3v) is 3.21. The van der Waals surface area contributed by atoms with Gasteiger partial charge in [0.2, 0.25) is 5.96 Å². The Morgan fingerprint density at radius 2 is 1.38 bits per heavy atom. The molecule has 0 aliphatic rings. The molecule has 4 N–H and O–H groups in total. The number of nitrogens with zero attached hydrogens (tertiary/aromatic N) is 2. The van der Waals surface area contributed by atoms with Crippen molar-refractivity contribution in [3.05, 3.63) is 65.7 Å². The Labute approximate surface area is 141 Å². The number of allylic oxidation sites excluding steroid dienone is 1. The van der Waals surface area contributed by atoms with E-state index < -0.39 is 0 Å². The number of ether oxygens (including phenoxy) is 2. The Balaban J connectivity index is 2.29. The van der Waals surface area contributed by atoms with Crippen molar-refractivity contribution in [1.29, 1.82) is 0 Å². The van der Waals surface area contributed by atoms with Crippen molar-refractivity contribution in [3.63, 3.8) is 0 Å². The molecule has 2 aromatic rings. The summed E-state index contributed by atoms with van der Waals surface area (Å²) in [5.41, 5.74) is 13.2. The zero-order valence-corrected chi connectivity index (χ0v) is 13.6. The van der Waals surface area contributed by atoms with Gasteiger partial charge < -0.3 is 20.9 Å². The summed E-state index contributed by atoms with van der Waals surface area (Å²) in [4.78, 5) is 0. The van der Waals surface area contributed by atoms with E-state index in [1.165, 1.54) is 0 Å². The topological polar surface area (TPSA) is 95.2 Å². The van der Waals surface area contributed by atoms with Crippen LogP contribution in [0.15, 0.2) is 64.8 Å². The molecule has 0 radical (unpaired) electrons. The summed E-state index contributed by atoms with van der Waals surface area (Å²) >= 11 is 0. The zero-order valence-electron chi connectivity index (χ0n) is 13.6. The summed E-state index contributed by atoms with van der Waals surface area (Å²) < 4.78 is 10.3. The van der Waals surface area contributed by atoms with Crippen LogP contribution in [0.5, 0.6) is 11.5 Å². The first kappa shape index (κ1) is 17.1. The number of guanidine groups is 1. The Hall–Kier alpha value is -3.28. The minimum Gasteiger partial charge on any atom is -0.497 e. The maximum atomic E-state index is 5.37. The predicted molar refractivity (Wildman–Crippen MR) is 97.4 cm³/mol. The molecule has 0 spiro atoms. The summed E-state index contributed by atoms with van der Waals surface area (Å²) in [5, 5.41) is 7.84. The van der Waals surface area contributed by atoms with Crippen molar-refractivity contribution < 1.29 is 9.47 Å². The maximum Gasteiger partial charge on any atom is 0.211 e. The number of hydrogen-bond donors (Lipinski definition) is 2. The van der Waals surface area contributed by atoms with Gasteiger partial charge in [0, 0.05) is 5.56 Å². The minimum atomic E-state index is -0.0983. The van der Waals surface area contributed by atoms with Gasteiger partial charge in [0.25, 0.3) is 0 Å². The van der Waals surface area contributed by atoms with Crippen molar-refractivity contribution in [2.45, 2.75) is 0 Å². The largest absolute Gasteiger partial charge is 0.497 e. The van der Waals surface area contributed by atoms with Crippen LogP contribution in [0.4, 0.5) is 0 Å². The van der Waals surface area contributed by atoms with E-state index in [1.54, 1.807) is 14.2 Å². The predicted octanol–water partition coefficient (Wildman–Crippen LogP) is 2.39. The molecular weight excluding hydrogens is 304 g/mol. The second-order valence-electron chi connectivity index (χ2n) is 4.85. The van der Waals surface area contributed by atoms with Crippen LogP contribution in [0, 0.1) is 0 Å². The van der Waals surface area contributed by atoms with Crippen LogP contribution >= 0.6 is 0 Å². The molecule has 6 heteroatoms. The van der Waals surface area contributed by atoms with Gasteiger partial charge >= 0.3 is 0 Å². The molecule has 0 bridgehead atoms. The molecule has 24 heavy (non-hydrogen) atoms. The number of benzene rings is 2. The van der Waals surface area contributed by atoms with Crippen LogP contribution in [0.3, 0.4) is 0 Å². The average molecular weight is 324 g/mol. The van der Waals surface area contributed by atoms with E-state index in [0.717, 1.165) is 22.6 Å². The summed E-state index contributed by atoms with van der Waals surface area (Å²) in [7, 11) is 3.25. The van der Waals surface area contributed by atoms with Gasteiger partial charge in [-0.1, -0.05) is 18.2 Å². The van der Waals surface area contributed by atoms with Gasteiger partial charge in [0.05, 0.1) is 19.9 Å². The third-order valence-electron chi connectivity index (χ3n) is 3.21. The molecule has 2 aromatic carbocycles. The van der Waals surface area contributed by atoms with Crippen LogP contribution in [0.1, 0.15) is 11.1 Å². The van der Waals surface area contributed by atoms with Crippen molar-refractivity contribution in [3.8, 4) is 11.5 Å². The second-order valence-corrected chi connectivity index (χ2v) is 4.85. The Morgan fingerprint density at radius 1 is 0.833 bits per heavy atom. The third kappa shape index (κ3) is 4.88. The highest BCUT2D eigenvalue weighted by Crippen LogP contribution is 2.15. The molecule has 0 aromatic heterocycles. The van der Waals surface area contributed by atoms with Gasteiger partial charge in [-0.2, -0.15) is 0 Å². The van der Waals surface area contributed by atoms with Crippen molar-refractivity contribution in [2.75, 3.05) is 14.2 Å². The Bertz CT molecular complexity index is 744. The van der Waals surface area contributed by atoms with E-state index in [4.69, 9.17) is 20.9 Å². The summed E-state index contributed by atoms with van der Waals surface area (Å²) in [6, 6.07) is 15.1. The van der Waals surface area contributed by atoms with E-state index in [-0.39, 0.29) is 5.96 Å². The lowest BCUT2D eigenvalue weighted by Gasteiger charge is -2.03. The molecule has 2 rings (SSSR count). The van der Waals surface area contributed by atoms with E-state index in [2.05, 4.69) is 10.2 Å². The highest BCUT2D eigenvalue weighted by Gasteiger charge is 2.01. The van der Waals surface area contributed by atoms with E-state index in [0.29, 0.717) is 5.71 Å². The normalized spacial score (nSPS) is 11.3. The molecule has 0 saturated heterocycles. The molecular formula is C18H20N4O2. The molecule has 0 aliphatic heterocycles. The van der Waals surface area contributed by atoms with E-state index >= 15 is 0 Å². The first-order chi connectivity index (χ1) is 11.6. The number of hydrogen-bond acceptors (Lipinski definition) is 4. The summed E-state index contributed by atoms with van der Waals surface area (Å²) in [5.74, 6) is 1.47. The van der Waals surface area contributed by atoms with E-state index in [1.807, 2.05) is 60.7 Å². The smallest absolute Gasteiger partial charge is 0.211 e. The van der Waals surface area contributed by atoms with Gasteiger partial charge in [-0.05, 0) is 48.0 Å². The Kier molecular flexibility index (Phi) is 5.96. The van der Waals surface area contributed by atoms with Gasteiger partial charge in [-0.15, -0.1) is 10.2 Å². The van der Waals surface area contributed by atoms with Gasteiger partial charge in [-0.25, -0.2) is 0 Å². The van der Waals surface area contributed by atoms with Crippen LogP contribution < -0.4 is 20.9 Å². The Morgan fingerprint density at radius 3 is 1.88 bits per heavy atom. The molecule has 124 valence electrons. The van der Waals surface area contributed by atoms with Crippen molar-refractivity contribution in [1.82, 2.24) is 0 Å². The number of nitrogens with two attached hydrogens (primary N) is 2. The number of methoxy groups -OCH3 is 2. The lowest BCUT2D eigenvalue weighted by Crippen LogP contribution is -2.22. The molecule has 0 unspecified atom stereocenters. The highest BCUT2D eigenvalue weighted by molar-refractivity contribution is 6.10. The fourth-order valence-corrected chi connectivity index (χ4v) is 1.95. The summed E-state index contributed by atoms with van der Waals surface area (Å²) in [6.45, 7) is 0. The average Bonchev–Trinajstić information content (AvgIpc) is 2.62. The van der Waals surface area contributed by atoms with Gasteiger partial charge in [-0.3, -0.25) is 0 Å². The fourth-order valence-electron chi connectivity index (χ4n) is 1.95. The first-order valence-electron chi connectivity index (χ1n) is 7.25. The molecule has 0 atom stereocenters. The minimum absolute atomic E-state index is 0.0983. The lowest BCUT2D eigenvalue weighted by atomic mass is 10.1. The molecule has 6 nitrogen and oxygen atoms in total. The monoisotopic (exact) mass is 324 g/mol. The van der Waals surface area contributed by atoms with Crippen LogP contribution in [-0.4, -0.2) is 25.9 Å². The van der Waals surface area contributed by atoms with E-state index in [9.17, 15) is 0 Å². The fraction of sp³-hybridized carbons (Fsp3) is 0.111. The molecule has 0 amide bonds. The second kappa shape index (κ2) is 8.38. The SMILES string of the molecule is COc1ccc(/C=C/C(=N/N=C(N)N)c2ccc(OC)cc2)cc1. The first-order valence-corrected chi connectivity index (χ1v) is 7.25. The van der Waals surface area contributed by atoms with Crippen molar-refractivity contribution in [2.24, 2.45) is 21.7 Å². The molecule has 0 aliphatic carbocycles. The zero-order chi connectivity index (χ0) is 17.4. The highest BCUT2D eigenvalue weighted by atomic mass is 16.5. The molecule has 0 fully saturated rings. The van der Waals surface area contributed by atoms with Crippen LogP contribution in [-0.2, 0) is 0 Å². The maximum absolute atomic E-state index is 5.37. The molecule has 0 saturated carbocycles. The quantitative estimate of drug-likeness (QED) is 0.484. The van der Waals surface area contributed by atoms with Gasteiger partial charge in [0.1, 0.15) is 11.5 Å². The standard InChI is InChI=1S/C18H20N4O2/c1-23-15-8-3-13(4-9-15)5-12-17(21-22-18(19)20)14-6-10-16(24-2)11-7-14/h3-12H,1-2H3,(H4,19,20,22)/b12-5+,21-17-. The number of rotatable bonds is 6.